The van der Waals surface area contributed by atoms with E-state index in [0.717, 1.165) is 17.7 Å². The second kappa shape index (κ2) is 8.04. The summed E-state index contributed by atoms with van der Waals surface area (Å²) in [4.78, 5) is 11.9. The Balaban J connectivity index is 1.51. The summed E-state index contributed by atoms with van der Waals surface area (Å²) in [6.45, 7) is 0. The molecule has 0 bridgehead atoms. The summed E-state index contributed by atoms with van der Waals surface area (Å²) in [5.41, 5.74) is 2.86. The number of aromatic carboxylic acids is 1. The van der Waals surface area contributed by atoms with E-state index in [1.807, 2.05) is 12.1 Å². The zero-order chi connectivity index (χ0) is 23.2. The van der Waals surface area contributed by atoms with Gasteiger partial charge in [0.15, 0.2) is 0 Å². The van der Waals surface area contributed by atoms with Gasteiger partial charge in [-0.25, -0.2) is 17.6 Å². The number of hydrogen-bond acceptors (Lipinski definition) is 4. The maximum absolute atomic E-state index is 13.2. The highest BCUT2D eigenvalue weighted by Crippen LogP contribution is 2.50. The van der Waals surface area contributed by atoms with E-state index in [0.29, 0.717) is 5.56 Å². The summed E-state index contributed by atoms with van der Waals surface area (Å²) >= 11 is 0. The standard InChI is InChI=1S/C25H21FN2O4S/c26-15-8-10-16(11-9-15)28-33(31,32)17-12-13-23-22(14-17)18-6-3-7-19(18)24(27-23)20-4-1-2-5-21(20)25(29)30/h1-6,8-14,18-19,24,27-28H,7H2,(H,29,30)/t18-,19+,24-/m0/s1. The number of carbonyl (C=O) groups is 1. The number of sulfonamides is 1. The molecule has 3 atom stereocenters. The van der Waals surface area contributed by atoms with Gasteiger partial charge in [0.2, 0.25) is 0 Å². The van der Waals surface area contributed by atoms with E-state index in [-0.39, 0.29) is 34.0 Å². The minimum atomic E-state index is -3.87. The van der Waals surface area contributed by atoms with Crippen LogP contribution in [0.1, 0.15) is 39.9 Å². The molecule has 2 aliphatic rings. The zero-order valence-electron chi connectivity index (χ0n) is 17.4. The molecule has 8 heteroatoms. The number of anilines is 2. The van der Waals surface area contributed by atoms with Gasteiger partial charge in [-0.1, -0.05) is 30.4 Å². The average Bonchev–Trinajstić information content (AvgIpc) is 3.30. The predicted molar refractivity (Wildman–Crippen MR) is 123 cm³/mol. The fourth-order valence-corrected chi connectivity index (χ4v) is 5.84. The molecule has 0 aromatic heterocycles. The van der Waals surface area contributed by atoms with Crippen molar-refractivity contribution in [2.45, 2.75) is 23.3 Å². The first kappa shape index (κ1) is 21.2. The van der Waals surface area contributed by atoms with Crippen LogP contribution < -0.4 is 10.0 Å². The van der Waals surface area contributed by atoms with Gasteiger partial charge in [-0.05, 0) is 72.0 Å². The number of fused-ring (bicyclic) bond motifs is 3. The number of nitrogens with one attached hydrogen (secondary N) is 2. The lowest BCUT2D eigenvalue weighted by Gasteiger charge is -2.38. The molecule has 0 saturated heterocycles. The summed E-state index contributed by atoms with van der Waals surface area (Å²) in [6, 6.07) is 16.7. The molecule has 0 amide bonds. The van der Waals surface area contributed by atoms with Crippen LogP contribution in [0, 0.1) is 11.7 Å². The smallest absolute Gasteiger partial charge is 0.336 e. The summed E-state index contributed by atoms with van der Waals surface area (Å²) in [5, 5.41) is 13.1. The quantitative estimate of drug-likeness (QED) is 0.454. The van der Waals surface area contributed by atoms with Crippen molar-refractivity contribution >= 4 is 27.4 Å². The summed E-state index contributed by atoms with van der Waals surface area (Å²) in [7, 11) is -3.87. The highest BCUT2D eigenvalue weighted by molar-refractivity contribution is 7.92. The van der Waals surface area contributed by atoms with Gasteiger partial charge in [0.25, 0.3) is 10.0 Å². The molecule has 33 heavy (non-hydrogen) atoms. The second-order valence-electron chi connectivity index (χ2n) is 8.23. The van der Waals surface area contributed by atoms with Gasteiger partial charge >= 0.3 is 5.97 Å². The Morgan fingerprint density at radius 3 is 2.55 bits per heavy atom. The third-order valence-electron chi connectivity index (χ3n) is 6.27. The van der Waals surface area contributed by atoms with Crippen LogP contribution in [0.25, 0.3) is 0 Å². The van der Waals surface area contributed by atoms with Crippen molar-refractivity contribution in [2.24, 2.45) is 5.92 Å². The Bertz CT molecular complexity index is 1370. The Kier molecular flexibility index (Phi) is 5.17. The number of carboxylic acids is 1. The minimum Gasteiger partial charge on any atom is -0.478 e. The van der Waals surface area contributed by atoms with Crippen LogP contribution in [0.5, 0.6) is 0 Å². The van der Waals surface area contributed by atoms with Crippen LogP contribution in [-0.2, 0) is 10.0 Å². The minimum absolute atomic E-state index is 0.0472. The topological polar surface area (TPSA) is 95.5 Å². The third-order valence-corrected chi connectivity index (χ3v) is 7.65. The Morgan fingerprint density at radius 2 is 1.79 bits per heavy atom. The van der Waals surface area contributed by atoms with Crippen LogP contribution in [0.15, 0.2) is 83.8 Å². The number of hydrogen-bond donors (Lipinski definition) is 3. The lowest BCUT2D eigenvalue weighted by molar-refractivity contribution is 0.0694. The Labute approximate surface area is 190 Å². The van der Waals surface area contributed by atoms with Crippen molar-refractivity contribution in [3.05, 3.63) is 101 Å². The lowest BCUT2D eigenvalue weighted by Crippen LogP contribution is -2.30. The molecule has 3 aromatic carbocycles. The fraction of sp³-hybridized carbons (Fsp3) is 0.160. The molecular formula is C25H21FN2O4S. The third kappa shape index (κ3) is 3.87. The highest BCUT2D eigenvalue weighted by atomic mass is 32.2. The predicted octanol–water partition coefficient (Wildman–Crippen LogP) is 5.15. The van der Waals surface area contributed by atoms with E-state index in [1.54, 1.807) is 24.3 Å². The van der Waals surface area contributed by atoms with E-state index in [1.165, 1.54) is 30.3 Å². The van der Waals surface area contributed by atoms with Crippen molar-refractivity contribution in [1.29, 1.82) is 0 Å². The maximum atomic E-state index is 13.2. The van der Waals surface area contributed by atoms with Crippen molar-refractivity contribution in [1.82, 2.24) is 0 Å². The number of halogens is 1. The SMILES string of the molecule is O=C(O)c1ccccc1[C@H]1Nc2ccc(S(=O)(=O)Nc3ccc(F)cc3)cc2[C@H]2C=CC[C@H]21. The van der Waals surface area contributed by atoms with Gasteiger partial charge in [-0.2, -0.15) is 0 Å². The second-order valence-corrected chi connectivity index (χ2v) is 9.91. The molecule has 3 aromatic rings. The lowest BCUT2D eigenvalue weighted by atomic mass is 9.76. The van der Waals surface area contributed by atoms with Crippen molar-refractivity contribution in [2.75, 3.05) is 10.0 Å². The molecule has 0 spiro atoms. The van der Waals surface area contributed by atoms with E-state index in [9.17, 15) is 22.7 Å². The molecule has 5 rings (SSSR count). The number of benzene rings is 3. The van der Waals surface area contributed by atoms with Crippen LogP contribution in [-0.4, -0.2) is 19.5 Å². The number of rotatable bonds is 5. The molecule has 1 aliphatic heterocycles. The van der Waals surface area contributed by atoms with Gasteiger partial charge in [0.1, 0.15) is 5.82 Å². The van der Waals surface area contributed by atoms with Gasteiger partial charge in [-0.15, -0.1) is 0 Å². The summed E-state index contributed by atoms with van der Waals surface area (Å²) in [5.74, 6) is -1.42. The van der Waals surface area contributed by atoms with Crippen molar-refractivity contribution in [3.63, 3.8) is 0 Å². The molecule has 0 unspecified atom stereocenters. The molecule has 0 saturated carbocycles. The zero-order valence-corrected chi connectivity index (χ0v) is 18.2. The molecule has 168 valence electrons. The fourth-order valence-electron chi connectivity index (χ4n) is 4.74. The van der Waals surface area contributed by atoms with E-state index in [4.69, 9.17) is 0 Å². The van der Waals surface area contributed by atoms with E-state index >= 15 is 0 Å². The Hall–Kier alpha value is -3.65. The van der Waals surface area contributed by atoms with Crippen LogP contribution in [0.2, 0.25) is 0 Å². The molecule has 0 fully saturated rings. The van der Waals surface area contributed by atoms with Gasteiger partial charge in [0, 0.05) is 17.3 Å². The molecule has 0 radical (unpaired) electrons. The average molecular weight is 465 g/mol. The highest BCUT2D eigenvalue weighted by Gasteiger charge is 2.39. The van der Waals surface area contributed by atoms with E-state index in [2.05, 4.69) is 22.2 Å². The molecule has 1 heterocycles. The molecular weight excluding hydrogens is 443 g/mol. The largest absolute Gasteiger partial charge is 0.478 e. The van der Waals surface area contributed by atoms with Crippen LogP contribution in [0.3, 0.4) is 0 Å². The van der Waals surface area contributed by atoms with Gasteiger partial charge in [0.05, 0.1) is 16.5 Å². The first-order valence-electron chi connectivity index (χ1n) is 10.5. The Morgan fingerprint density at radius 1 is 1.03 bits per heavy atom. The number of allylic oxidation sites excluding steroid dienone is 2. The molecule has 6 nitrogen and oxygen atoms in total. The van der Waals surface area contributed by atoms with Gasteiger partial charge < -0.3 is 10.4 Å². The van der Waals surface area contributed by atoms with E-state index < -0.39 is 21.8 Å². The summed E-state index contributed by atoms with van der Waals surface area (Å²) < 4.78 is 41.6. The van der Waals surface area contributed by atoms with Crippen LogP contribution in [0.4, 0.5) is 15.8 Å². The molecule has 1 aliphatic carbocycles. The van der Waals surface area contributed by atoms with Crippen LogP contribution >= 0.6 is 0 Å². The monoisotopic (exact) mass is 464 g/mol. The first-order chi connectivity index (χ1) is 15.8. The van der Waals surface area contributed by atoms with Gasteiger partial charge in [-0.3, -0.25) is 4.72 Å². The molecule has 3 N–H and O–H groups in total. The summed E-state index contributed by atoms with van der Waals surface area (Å²) in [6.07, 6.45) is 4.87. The van der Waals surface area contributed by atoms with Crippen molar-refractivity contribution < 1.29 is 22.7 Å². The normalized spacial score (nSPS) is 21.1. The first-order valence-corrected chi connectivity index (χ1v) is 12.0. The maximum Gasteiger partial charge on any atom is 0.336 e. The number of carboxylic acid groups (broad SMARTS) is 1. The van der Waals surface area contributed by atoms with Crippen molar-refractivity contribution in [3.8, 4) is 0 Å².